The molecule has 1 aliphatic heterocycles. The summed E-state index contributed by atoms with van der Waals surface area (Å²) in [5.41, 5.74) is 0. The van der Waals surface area contributed by atoms with Crippen molar-refractivity contribution in [2.45, 2.75) is 44.8 Å². The Hall–Kier alpha value is -1.59. The third kappa shape index (κ3) is 4.42. The molecular weight excluding hydrogens is 228 g/mol. The first-order valence-electron chi connectivity index (χ1n) is 5.46. The van der Waals surface area contributed by atoms with Crippen LogP contribution < -0.4 is 0 Å². The lowest BCUT2D eigenvalue weighted by Crippen LogP contribution is -2.31. The van der Waals surface area contributed by atoms with Crippen molar-refractivity contribution < 1.29 is 28.6 Å². The highest BCUT2D eigenvalue weighted by molar-refractivity contribution is 5.72. The summed E-state index contributed by atoms with van der Waals surface area (Å²) >= 11 is 0. The highest BCUT2D eigenvalue weighted by atomic mass is 16.6. The minimum Gasteiger partial charge on any atom is -0.469 e. The van der Waals surface area contributed by atoms with Gasteiger partial charge in [0.25, 0.3) is 0 Å². The molecule has 0 bridgehead atoms. The molecule has 1 fully saturated rings. The molecule has 6 nitrogen and oxygen atoms in total. The molecule has 1 aliphatic rings. The Balaban J connectivity index is 2.51. The highest BCUT2D eigenvalue weighted by Gasteiger charge is 2.33. The summed E-state index contributed by atoms with van der Waals surface area (Å²) in [7, 11) is 1.29. The van der Waals surface area contributed by atoms with Crippen LogP contribution in [0.2, 0.25) is 0 Å². The fourth-order valence-corrected chi connectivity index (χ4v) is 1.70. The topological polar surface area (TPSA) is 78.9 Å². The number of carbonyl (C=O) groups excluding carboxylic acids is 3. The molecule has 0 aromatic carbocycles. The molecule has 0 radical (unpaired) electrons. The van der Waals surface area contributed by atoms with Gasteiger partial charge in [0, 0.05) is 19.8 Å². The van der Waals surface area contributed by atoms with Gasteiger partial charge in [-0.05, 0) is 12.8 Å². The number of ether oxygens (including phenoxy) is 3. The fraction of sp³-hybridized carbons (Fsp3) is 0.727. The highest BCUT2D eigenvalue weighted by Crippen LogP contribution is 2.22. The summed E-state index contributed by atoms with van der Waals surface area (Å²) in [6.07, 6.45) is 0.236. The Bertz CT molecular complexity index is 311. The van der Waals surface area contributed by atoms with E-state index in [-0.39, 0.29) is 18.4 Å². The molecule has 1 saturated heterocycles. The van der Waals surface area contributed by atoms with Crippen molar-refractivity contribution in [2.75, 3.05) is 7.11 Å². The fourth-order valence-electron chi connectivity index (χ4n) is 1.70. The number of methoxy groups -OCH3 is 1. The lowest BCUT2D eigenvalue weighted by Gasteiger charge is -2.21. The summed E-state index contributed by atoms with van der Waals surface area (Å²) in [4.78, 5) is 32.9. The SMILES string of the molecule is COC(=O)CC[C@@H](OC(C)=O)[C@H]1CCC(=O)O1. The van der Waals surface area contributed by atoms with Gasteiger partial charge in [0.15, 0.2) is 0 Å². The molecule has 0 aromatic heterocycles. The van der Waals surface area contributed by atoms with Gasteiger partial charge in [-0.15, -0.1) is 0 Å². The average molecular weight is 244 g/mol. The van der Waals surface area contributed by atoms with E-state index in [1.165, 1.54) is 14.0 Å². The Labute approximate surface area is 99.2 Å². The van der Waals surface area contributed by atoms with Crippen LogP contribution in [0.1, 0.15) is 32.6 Å². The Kier molecular flexibility index (Phi) is 4.93. The lowest BCUT2D eigenvalue weighted by molar-refractivity contribution is -0.161. The van der Waals surface area contributed by atoms with Gasteiger partial charge in [0.1, 0.15) is 12.2 Å². The monoisotopic (exact) mass is 244 g/mol. The zero-order valence-electron chi connectivity index (χ0n) is 9.93. The van der Waals surface area contributed by atoms with Crippen molar-refractivity contribution in [3.05, 3.63) is 0 Å². The van der Waals surface area contributed by atoms with E-state index >= 15 is 0 Å². The molecule has 96 valence electrons. The molecule has 1 rings (SSSR count). The molecule has 0 aromatic rings. The molecule has 0 N–H and O–H groups in total. The van der Waals surface area contributed by atoms with E-state index in [4.69, 9.17) is 9.47 Å². The van der Waals surface area contributed by atoms with Crippen LogP contribution in [0.25, 0.3) is 0 Å². The average Bonchev–Trinajstić information content (AvgIpc) is 2.70. The molecule has 0 amide bonds. The van der Waals surface area contributed by atoms with Gasteiger partial charge in [-0.25, -0.2) is 0 Å². The van der Waals surface area contributed by atoms with E-state index in [0.29, 0.717) is 19.3 Å². The summed E-state index contributed by atoms with van der Waals surface area (Å²) < 4.78 is 14.6. The summed E-state index contributed by atoms with van der Waals surface area (Å²) in [5, 5.41) is 0. The second-order valence-corrected chi connectivity index (χ2v) is 3.83. The smallest absolute Gasteiger partial charge is 0.306 e. The van der Waals surface area contributed by atoms with Crippen LogP contribution in [-0.4, -0.2) is 37.2 Å². The van der Waals surface area contributed by atoms with Crippen molar-refractivity contribution in [1.29, 1.82) is 0 Å². The Morgan fingerprint density at radius 2 is 2.24 bits per heavy atom. The van der Waals surface area contributed by atoms with Gasteiger partial charge in [-0.1, -0.05) is 0 Å². The summed E-state index contributed by atoms with van der Waals surface area (Å²) in [5.74, 6) is -1.14. The third-order valence-corrected chi connectivity index (χ3v) is 2.51. The van der Waals surface area contributed by atoms with Gasteiger partial charge in [-0.3, -0.25) is 14.4 Å². The quantitative estimate of drug-likeness (QED) is 0.520. The molecule has 0 unspecified atom stereocenters. The van der Waals surface area contributed by atoms with Gasteiger partial charge >= 0.3 is 17.9 Å². The van der Waals surface area contributed by atoms with Gasteiger partial charge < -0.3 is 14.2 Å². The minimum atomic E-state index is -0.571. The van der Waals surface area contributed by atoms with Crippen LogP contribution >= 0.6 is 0 Å². The van der Waals surface area contributed by atoms with Crippen LogP contribution in [-0.2, 0) is 28.6 Å². The first kappa shape index (κ1) is 13.5. The van der Waals surface area contributed by atoms with E-state index in [0.717, 1.165) is 0 Å². The number of rotatable bonds is 5. The minimum absolute atomic E-state index is 0.127. The van der Waals surface area contributed by atoms with E-state index in [9.17, 15) is 14.4 Å². The predicted molar refractivity (Wildman–Crippen MR) is 55.9 cm³/mol. The second-order valence-electron chi connectivity index (χ2n) is 3.83. The van der Waals surface area contributed by atoms with Crippen LogP contribution in [0.5, 0.6) is 0 Å². The first-order valence-corrected chi connectivity index (χ1v) is 5.46. The molecule has 1 heterocycles. The largest absolute Gasteiger partial charge is 0.469 e. The van der Waals surface area contributed by atoms with Gasteiger partial charge in [0.2, 0.25) is 0 Å². The number of hydrogen-bond acceptors (Lipinski definition) is 6. The lowest BCUT2D eigenvalue weighted by atomic mass is 10.1. The zero-order chi connectivity index (χ0) is 12.8. The van der Waals surface area contributed by atoms with Crippen molar-refractivity contribution in [2.24, 2.45) is 0 Å². The molecule has 17 heavy (non-hydrogen) atoms. The standard InChI is InChI=1S/C11H16O6/c1-7(12)16-8(3-5-10(13)15-2)9-4-6-11(14)17-9/h8-9H,3-6H2,1-2H3/t8-,9-/m1/s1. The van der Waals surface area contributed by atoms with E-state index < -0.39 is 18.2 Å². The van der Waals surface area contributed by atoms with Crippen LogP contribution in [0.4, 0.5) is 0 Å². The zero-order valence-corrected chi connectivity index (χ0v) is 9.93. The second kappa shape index (κ2) is 6.22. The maximum atomic E-state index is 11.0. The molecule has 0 aliphatic carbocycles. The van der Waals surface area contributed by atoms with E-state index in [2.05, 4.69) is 4.74 Å². The molecule has 6 heteroatoms. The Morgan fingerprint density at radius 1 is 1.53 bits per heavy atom. The van der Waals surface area contributed by atoms with Crippen LogP contribution in [0.15, 0.2) is 0 Å². The number of esters is 3. The number of hydrogen-bond donors (Lipinski definition) is 0. The number of carbonyl (C=O) groups is 3. The predicted octanol–water partition coefficient (Wildman–Crippen LogP) is 0.577. The maximum Gasteiger partial charge on any atom is 0.306 e. The van der Waals surface area contributed by atoms with E-state index in [1.54, 1.807) is 0 Å². The van der Waals surface area contributed by atoms with Crippen molar-refractivity contribution in [3.8, 4) is 0 Å². The van der Waals surface area contributed by atoms with Gasteiger partial charge in [0.05, 0.1) is 7.11 Å². The van der Waals surface area contributed by atoms with E-state index in [1.807, 2.05) is 0 Å². The summed E-state index contributed by atoms with van der Waals surface area (Å²) in [6.45, 7) is 1.28. The van der Waals surface area contributed by atoms with Gasteiger partial charge in [-0.2, -0.15) is 0 Å². The normalized spacial score (nSPS) is 20.6. The third-order valence-electron chi connectivity index (χ3n) is 2.51. The number of cyclic esters (lactones) is 1. The van der Waals surface area contributed by atoms with Crippen molar-refractivity contribution in [3.63, 3.8) is 0 Å². The van der Waals surface area contributed by atoms with Crippen LogP contribution in [0.3, 0.4) is 0 Å². The first-order chi connectivity index (χ1) is 8.02. The molecular formula is C11H16O6. The molecule has 0 saturated carbocycles. The molecule has 2 atom stereocenters. The molecule has 0 spiro atoms. The van der Waals surface area contributed by atoms with Crippen molar-refractivity contribution in [1.82, 2.24) is 0 Å². The summed E-state index contributed by atoms with van der Waals surface area (Å²) in [6, 6.07) is 0. The maximum absolute atomic E-state index is 11.0. The van der Waals surface area contributed by atoms with Crippen LogP contribution in [0, 0.1) is 0 Å². The Morgan fingerprint density at radius 3 is 2.71 bits per heavy atom. The van der Waals surface area contributed by atoms with Crippen molar-refractivity contribution >= 4 is 17.9 Å².